The average molecular weight is 262 g/mol. The second-order valence-electron chi connectivity index (χ2n) is 4.47. The molecule has 0 saturated carbocycles. The summed E-state index contributed by atoms with van der Waals surface area (Å²) in [6.45, 7) is 4.14. The van der Waals surface area contributed by atoms with Crippen molar-refractivity contribution in [3.8, 4) is 0 Å². The van der Waals surface area contributed by atoms with Gasteiger partial charge in [0.2, 0.25) is 11.8 Å². The van der Waals surface area contributed by atoms with E-state index in [-0.39, 0.29) is 11.8 Å². The van der Waals surface area contributed by atoms with Crippen LogP contribution < -0.4 is 5.32 Å². The topological polar surface area (TPSA) is 49.4 Å². The molecule has 1 aromatic rings. The van der Waals surface area contributed by atoms with Gasteiger partial charge in [0.15, 0.2) is 0 Å². The first kappa shape index (κ1) is 15.2. The molecule has 4 heteroatoms. The monoisotopic (exact) mass is 262 g/mol. The van der Waals surface area contributed by atoms with Crippen LogP contribution in [-0.2, 0) is 16.0 Å². The van der Waals surface area contributed by atoms with Crippen LogP contribution in [0, 0.1) is 0 Å². The van der Waals surface area contributed by atoms with E-state index in [2.05, 4.69) is 5.32 Å². The quantitative estimate of drug-likeness (QED) is 0.846. The lowest BCUT2D eigenvalue weighted by Gasteiger charge is -2.28. The molecule has 2 amide bonds. The zero-order chi connectivity index (χ0) is 14.3. The first-order valence-electron chi connectivity index (χ1n) is 6.65. The third kappa shape index (κ3) is 4.39. The van der Waals surface area contributed by atoms with E-state index in [0.717, 1.165) is 6.42 Å². The summed E-state index contributed by atoms with van der Waals surface area (Å²) in [6, 6.07) is 9.54. The molecule has 1 aromatic carbocycles. The summed E-state index contributed by atoms with van der Waals surface area (Å²) in [5.41, 5.74) is 1.17. The molecule has 0 radical (unpaired) electrons. The van der Waals surface area contributed by atoms with E-state index in [0.29, 0.717) is 13.0 Å². The lowest BCUT2D eigenvalue weighted by Crippen LogP contribution is -2.47. The van der Waals surface area contributed by atoms with Crippen molar-refractivity contribution < 1.29 is 9.59 Å². The molecular formula is C15H22N2O2. The van der Waals surface area contributed by atoms with Crippen LogP contribution in [0.4, 0.5) is 0 Å². The lowest BCUT2D eigenvalue weighted by atomic mass is 10.1. The van der Waals surface area contributed by atoms with Gasteiger partial charge in [-0.15, -0.1) is 0 Å². The Balaban J connectivity index is 2.70. The molecule has 0 spiro atoms. The highest BCUT2D eigenvalue weighted by atomic mass is 16.2. The molecule has 4 nitrogen and oxygen atoms in total. The summed E-state index contributed by atoms with van der Waals surface area (Å²) in [4.78, 5) is 25.3. The summed E-state index contributed by atoms with van der Waals surface area (Å²) < 4.78 is 0. The third-order valence-corrected chi connectivity index (χ3v) is 3.20. The highest BCUT2D eigenvalue weighted by Gasteiger charge is 2.23. The van der Waals surface area contributed by atoms with Gasteiger partial charge < -0.3 is 10.2 Å². The van der Waals surface area contributed by atoms with Gasteiger partial charge in [0.25, 0.3) is 0 Å². The highest BCUT2D eigenvalue weighted by Crippen LogP contribution is 2.07. The van der Waals surface area contributed by atoms with Gasteiger partial charge >= 0.3 is 0 Å². The average Bonchev–Trinajstić information content (AvgIpc) is 2.47. The van der Waals surface area contributed by atoms with Crippen molar-refractivity contribution >= 4 is 11.8 Å². The van der Waals surface area contributed by atoms with E-state index in [1.54, 1.807) is 18.9 Å². The zero-order valence-electron chi connectivity index (χ0n) is 11.8. The molecule has 1 N–H and O–H groups in total. The Bertz CT molecular complexity index is 417. The molecule has 0 aromatic heterocycles. The van der Waals surface area contributed by atoms with Crippen molar-refractivity contribution in [2.45, 2.75) is 32.7 Å². The normalized spacial score (nSPS) is 11.7. The van der Waals surface area contributed by atoms with Crippen LogP contribution in [0.15, 0.2) is 30.3 Å². The van der Waals surface area contributed by atoms with Crippen LogP contribution in [0.5, 0.6) is 0 Å². The minimum absolute atomic E-state index is 0.00651. The van der Waals surface area contributed by atoms with Crippen LogP contribution in [0.2, 0.25) is 0 Å². The summed E-state index contributed by atoms with van der Waals surface area (Å²) >= 11 is 0. The van der Waals surface area contributed by atoms with Gasteiger partial charge in [0.05, 0.1) is 0 Å². The second kappa shape index (κ2) is 7.56. The van der Waals surface area contributed by atoms with E-state index >= 15 is 0 Å². The summed E-state index contributed by atoms with van der Waals surface area (Å²) in [5.74, 6) is -0.123. The van der Waals surface area contributed by atoms with Crippen LogP contribution in [0.1, 0.15) is 25.8 Å². The molecule has 0 fully saturated rings. The molecular weight excluding hydrogens is 240 g/mol. The molecule has 0 aliphatic heterocycles. The molecule has 0 aliphatic rings. The van der Waals surface area contributed by atoms with Crippen molar-refractivity contribution in [2.24, 2.45) is 0 Å². The maximum absolute atomic E-state index is 11.9. The van der Waals surface area contributed by atoms with Gasteiger partial charge in [-0.3, -0.25) is 9.59 Å². The predicted octanol–water partition coefficient (Wildman–Crippen LogP) is 1.60. The largest absolute Gasteiger partial charge is 0.357 e. The van der Waals surface area contributed by atoms with Crippen LogP contribution in [-0.4, -0.2) is 36.3 Å². The first-order chi connectivity index (χ1) is 9.10. The van der Waals surface area contributed by atoms with Gasteiger partial charge in [0, 0.05) is 20.0 Å². The number of hydrogen-bond acceptors (Lipinski definition) is 2. The molecule has 0 saturated heterocycles. The lowest BCUT2D eigenvalue weighted by molar-refractivity contribution is -0.139. The Morgan fingerprint density at radius 1 is 1.26 bits per heavy atom. The molecule has 0 heterocycles. The minimum atomic E-state index is -0.429. The number of hydrogen-bond donors (Lipinski definition) is 1. The van der Waals surface area contributed by atoms with Crippen molar-refractivity contribution in [2.75, 3.05) is 13.6 Å². The van der Waals surface area contributed by atoms with E-state index < -0.39 is 6.04 Å². The third-order valence-electron chi connectivity index (χ3n) is 3.20. The van der Waals surface area contributed by atoms with E-state index in [9.17, 15) is 9.59 Å². The number of amides is 2. The molecule has 104 valence electrons. The van der Waals surface area contributed by atoms with Crippen molar-refractivity contribution in [3.63, 3.8) is 0 Å². The molecule has 1 atom stereocenters. The number of carbonyl (C=O) groups is 2. The smallest absolute Gasteiger partial charge is 0.242 e. The molecule has 0 bridgehead atoms. The number of nitrogens with one attached hydrogen (secondary N) is 1. The minimum Gasteiger partial charge on any atom is -0.357 e. The Kier molecular flexibility index (Phi) is 6.06. The van der Waals surface area contributed by atoms with E-state index in [1.165, 1.54) is 5.56 Å². The Labute approximate surface area is 114 Å². The summed E-state index contributed by atoms with van der Waals surface area (Å²) in [5, 5.41) is 2.59. The van der Waals surface area contributed by atoms with Gasteiger partial charge in [0.1, 0.15) is 6.04 Å². The first-order valence-corrected chi connectivity index (χ1v) is 6.65. The molecule has 19 heavy (non-hydrogen) atoms. The number of rotatable bonds is 6. The SMILES string of the molecule is CCC(=O)N(CCc1ccccc1)C(C)C(=O)NC. The molecule has 1 rings (SSSR count). The van der Waals surface area contributed by atoms with Crippen molar-refractivity contribution in [3.05, 3.63) is 35.9 Å². The zero-order valence-corrected chi connectivity index (χ0v) is 11.8. The van der Waals surface area contributed by atoms with Crippen LogP contribution >= 0.6 is 0 Å². The summed E-state index contributed by atoms with van der Waals surface area (Å²) in [6.07, 6.45) is 1.17. The maximum Gasteiger partial charge on any atom is 0.242 e. The number of benzene rings is 1. The van der Waals surface area contributed by atoms with Gasteiger partial charge in [-0.25, -0.2) is 0 Å². The standard InChI is InChI=1S/C15H22N2O2/c1-4-14(18)17(12(2)15(19)16-3)11-10-13-8-6-5-7-9-13/h5-9,12H,4,10-11H2,1-3H3,(H,16,19). The Morgan fingerprint density at radius 2 is 1.89 bits per heavy atom. The number of nitrogens with zero attached hydrogens (tertiary/aromatic N) is 1. The maximum atomic E-state index is 11.9. The van der Waals surface area contributed by atoms with Crippen LogP contribution in [0.3, 0.4) is 0 Å². The van der Waals surface area contributed by atoms with E-state index in [4.69, 9.17) is 0 Å². The van der Waals surface area contributed by atoms with Gasteiger partial charge in [-0.05, 0) is 18.9 Å². The van der Waals surface area contributed by atoms with Crippen molar-refractivity contribution in [1.29, 1.82) is 0 Å². The number of likely N-dealkylation sites (N-methyl/N-ethyl adjacent to an activating group) is 1. The second-order valence-corrected chi connectivity index (χ2v) is 4.47. The predicted molar refractivity (Wildman–Crippen MR) is 75.7 cm³/mol. The van der Waals surface area contributed by atoms with Gasteiger partial charge in [-0.1, -0.05) is 37.3 Å². The fraction of sp³-hybridized carbons (Fsp3) is 0.467. The fourth-order valence-electron chi connectivity index (χ4n) is 1.98. The highest BCUT2D eigenvalue weighted by molar-refractivity contribution is 5.87. The Hall–Kier alpha value is -1.84. The molecule has 1 unspecified atom stereocenters. The fourth-order valence-corrected chi connectivity index (χ4v) is 1.98. The van der Waals surface area contributed by atoms with Gasteiger partial charge in [-0.2, -0.15) is 0 Å². The van der Waals surface area contributed by atoms with Crippen LogP contribution in [0.25, 0.3) is 0 Å². The van der Waals surface area contributed by atoms with Crippen molar-refractivity contribution in [1.82, 2.24) is 10.2 Å². The van der Waals surface area contributed by atoms with E-state index in [1.807, 2.05) is 37.3 Å². The summed E-state index contributed by atoms with van der Waals surface area (Å²) in [7, 11) is 1.59. The molecule has 0 aliphatic carbocycles. The Morgan fingerprint density at radius 3 is 2.42 bits per heavy atom. The number of carbonyl (C=O) groups excluding carboxylic acids is 2.